The van der Waals surface area contributed by atoms with E-state index in [-0.39, 0.29) is 5.91 Å². The Morgan fingerprint density at radius 3 is 3.08 bits per heavy atom. The van der Waals surface area contributed by atoms with E-state index in [9.17, 15) is 4.79 Å². The third-order valence-corrected chi connectivity index (χ3v) is 5.39. The summed E-state index contributed by atoms with van der Waals surface area (Å²) in [6, 6.07) is 8.39. The Balaban J connectivity index is 1.55. The van der Waals surface area contributed by atoms with E-state index < -0.39 is 5.60 Å². The Hall–Kier alpha value is -2.14. The Kier molecular flexibility index (Phi) is 3.88. The topological polar surface area (TPSA) is 67.0 Å². The molecule has 0 radical (unpaired) electrons. The highest BCUT2D eigenvalue weighted by molar-refractivity contribution is 5.94. The van der Waals surface area contributed by atoms with Gasteiger partial charge in [0.2, 0.25) is 0 Å². The summed E-state index contributed by atoms with van der Waals surface area (Å²) in [4.78, 5) is 12.6. The molecule has 0 saturated carbocycles. The van der Waals surface area contributed by atoms with E-state index in [0.29, 0.717) is 18.8 Å². The van der Waals surface area contributed by atoms with Crippen molar-refractivity contribution in [3.63, 3.8) is 0 Å². The highest BCUT2D eigenvalue weighted by Gasteiger charge is 2.37. The maximum Gasteiger partial charge on any atom is 0.272 e. The minimum absolute atomic E-state index is 0.103. The first-order chi connectivity index (χ1) is 11.7. The number of carbonyl (C=O) groups excluding carboxylic acids is 1. The number of fused-ring (bicyclic) bond motifs is 2. The summed E-state index contributed by atoms with van der Waals surface area (Å²) in [5.41, 5.74) is 4.83. The van der Waals surface area contributed by atoms with Gasteiger partial charge in [0.1, 0.15) is 5.60 Å². The van der Waals surface area contributed by atoms with Gasteiger partial charge in [0.05, 0.1) is 13.2 Å². The molecule has 1 atom stereocenters. The first kappa shape index (κ1) is 15.4. The second-order valence-corrected chi connectivity index (χ2v) is 6.67. The average Bonchev–Trinajstić information content (AvgIpc) is 3.23. The van der Waals surface area contributed by atoms with Crippen molar-refractivity contribution in [1.29, 1.82) is 0 Å². The van der Waals surface area contributed by atoms with Gasteiger partial charge in [-0.3, -0.25) is 9.89 Å². The molecule has 1 unspecified atom stereocenters. The number of aromatic nitrogens is 2. The zero-order valence-electron chi connectivity index (χ0n) is 14.0. The maximum atomic E-state index is 12.6. The van der Waals surface area contributed by atoms with Crippen molar-refractivity contribution in [3.05, 3.63) is 52.3 Å². The van der Waals surface area contributed by atoms with E-state index in [4.69, 9.17) is 4.74 Å². The number of amides is 1. The standard InChI is InChI=1S/C19H23N3O2/c1-2-19(15-8-4-3-6-13(15)10-11-24-19)12-20-18(23)17-14-7-5-9-16(14)21-22-17/h3-4,6,8H,2,5,7,9-12H2,1H3,(H,20,23)(H,21,22). The van der Waals surface area contributed by atoms with Gasteiger partial charge in [0.15, 0.2) is 5.69 Å². The predicted molar refractivity (Wildman–Crippen MR) is 91.0 cm³/mol. The van der Waals surface area contributed by atoms with Gasteiger partial charge in [-0.25, -0.2) is 0 Å². The minimum Gasteiger partial charge on any atom is -0.368 e. The molecule has 1 aromatic heterocycles. The number of benzene rings is 1. The smallest absolute Gasteiger partial charge is 0.272 e. The molecule has 4 rings (SSSR count). The Morgan fingerprint density at radius 2 is 2.21 bits per heavy atom. The molecule has 2 aliphatic rings. The van der Waals surface area contributed by atoms with E-state index in [1.165, 1.54) is 11.1 Å². The highest BCUT2D eigenvalue weighted by Crippen LogP contribution is 2.35. The molecule has 0 fully saturated rings. The molecule has 5 heteroatoms. The molecule has 2 aromatic rings. The van der Waals surface area contributed by atoms with Crippen LogP contribution in [0.3, 0.4) is 0 Å². The van der Waals surface area contributed by atoms with Gasteiger partial charge < -0.3 is 10.1 Å². The van der Waals surface area contributed by atoms with Crippen LogP contribution in [-0.2, 0) is 29.6 Å². The Morgan fingerprint density at radius 1 is 1.33 bits per heavy atom. The number of aromatic amines is 1. The van der Waals surface area contributed by atoms with Crippen molar-refractivity contribution >= 4 is 5.91 Å². The summed E-state index contributed by atoms with van der Waals surface area (Å²) in [6.45, 7) is 3.28. The number of nitrogens with one attached hydrogen (secondary N) is 2. The highest BCUT2D eigenvalue weighted by atomic mass is 16.5. The van der Waals surface area contributed by atoms with Gasteiger partial charge in [-0.05, 0) is 43.2 Å². The van der Waals surface area contributed by atoms with Gasteiger partial charge in [-0.1, -0.05) is 31.2 Å². The van der Waals surface area contributed by atoms with Crippen molar-refractivity contribution < 1.29 is 9.53 Å². The van der Waals surface area contributed by atoms with Crippen LogP contribution < -0.4 is 5.32 Å². The molecule has 1 aliphatic heterocycles. The normalized spacial score (nSPS) is 22.0. The van der Waals surface area contributed by atoms with Crippen LogP contribution in [0.25, 0.3) is 0 Å². The SMILES string of the molecule is CCC1(CNC(=O)c2n[nH]c3c2CCC3)OCCc2ccccc21. The van der Waals surface area contributed by atoms with Crippen LogP contribution in [0, 0.1) is 0 Å². The number of rotatable bonds is 4. The van der Waals surface area contributed by atoms with Crippen LogP contribution in [0.2, 0.25) is 0 Å². The van der Waals surface area contributed by atoms with Crippen molar-refractivity contribution in [1.82, 2.24) is 15.5 Å². The molecular formula is C19H23N3O2. The summed E-state index contributed by atoms with van der Waals surface area (Å²) in [5.74, 6) is -0.103. The molecule has 1 aliphatic carbocycles. The summed E-state index contributed by atoms with van der Waals surface area (Å²) in [6.07, 6.45) is 4.78. The number of carbonyl (C=O) groups is 1. The van der Waals surface area contributed by atoms with Gasteiger partial charge in [-0.2, -0.15) is 5.10 Å². The fourth-order valence-corrected chi connectivity index (χ4v) is 3.99. The zero-order valence-corrected chi connectivity index (χ0v) is 14.0. The van der Waals surface area contributed by atoms with Crippen molar-refractivity contribution in [2.45, 2.75) is 44.6 Å². The molecule has 126 valence electrons. The zero-order chi connectivity index (χ0) is 16.6. The van der Waals surface area contributed by atoms with Crippen LogP contribution in [0.5, 0.6) is 0 Å². The molecule has 0 saturated heterocycles. The van der Waals surface area contributed by atoms with Gasteiger partial charge in [0.25, 0.3) is 5.91 Å². The van der Waals surface area contributed by atoms with Crippen LogP contribution in [0.4, 0.5) is 0 Å². The van der Waals surface area contributed by atoms with Gasteiger partial charge in [-0.15, -0.1) is 0 Å². The fourth-order valence-electron chi connectivity index (χ4n) is 3.99. The van der Waals surface area contributed by atoms with Crippen molar-refractivity contribution in [3.8, 4) is 0 Å². The number of H-pyrrole nitrogens is 1. The van der Waals surface area contributed by atoms with Crippen molar-refractivity contribution in [2.24, 2.45) is 0 Å². The summed E-state index contributed by atoms with van der Waals surface area (Å²) >= 11 is 0. The minimum atomic E-state index is -0.440. The molecule has 24 heavy (non-hydrogen) atoms. The lowest BCUT2D eigenvalue weighted by molar-refractivity contribution is -0.0606. The largest absolute Gasteiger partial charge is 0.368 e. The number of nitrogens with zero attached hydrogens (tertiary/aromatic N) is 1. The summed E-state index contributed by atoms with van der Waals surface area (Å²) < 4.78 is 6.16. The first-order valence-corrected chi connectivity index (χ1v) is 8.80. The molecule has 2 N–H and O–H groups in total. The van der Waals surface area contributed by atoms with Crippen LogP contribution in [0.15, 0.2) is 24.3 Å². The molecular weight excluding hydrogens is 302 g/mol. The quantitative estimate of drug-likeness (QED) is 0.907. The number of hydrogen-bond donors (Lipinski definition) is 2. The van der Waals surface area contributed by atoms with E-state index in [0.717, 1.165) is 43.4 Å². The number of aryl methyl sites for hydroxylation is 1. The number of ether oxygens (including phenoxy) is 1. The van der Waals surface area contributed by atoms with Gasteiger partial charge in [0, 0.05) is 11.3 Å². The Bertz CT molecular complexity index is 768. The summed E-state index contributed by atoms with van der Waals surface area (Å²) in [5, 5.41) is 10.3. The lowest BCUT2D eigenvalue weighted by atomic mass is 9.84. The first-order valence-electron chi connectivity index (χ1n) is 8.80. The van der Waals surface area contributed by atoms with E-state index in [1.54, 1.807) is 0 Å². The van der Waals surface area contributed by atoms with Gasteiger partial charge >= 0.3 is 0 Å². The lowest BCUT2D eigenvalue weighted by Gasteiger charge is -2.38. The Labute approximate surface area is 141 Å². The monoisotopic (exact) mass is 325 g/mol. The maximum absolute atomic E-state index is 12.6. The average molecular weight is 325 g/mol. The van der Waals surface area contributed by atoms with Crippen molar-refractivity contribution in [2.75, 3.05) is 13.2 Å². The molecule has 0 spiro atoms. The third kappa shape index (κ3) is 2.44. The second-order valence-electron chi connectivity index (χ2n) is 6.67. The van der Waals surface area contributed by atoms with Crippen LogP contribution in [-0.4, -0.2) is 29.3 Å². The predicted octanol–water partition coefficient (Wildman–Crippen LogP) is 2.51. The van der Waals surface area contributed by atoms with Crippen LogP contribution in [0.1, 0.15) is 52.6 Å². The lowest BCUT2D eigenvalue weighted by Crippen LogP contribution is -2.45. The molecule has 0 bridgehead atoms. The second kappa shape index (κ2) is 6.06. The van der Waals surface area contributed by atoms with E-state index in [2.05, 4.69) is 40.6 Å². The molecule has 2 heterocycles. The summed E-state index contributed by atoms with van der Waals surface area (Å²) in [7, 11) is 0. The van der Waals surface area contributed by atoms with E-state index >= 15 is 0 Å². The fraction of sp³-hybridized carbons (Fsp3) is 0.474. The number of hydrogen-bond acceptors (Lipinski definition) is 3. The molecule has 1 amide bonds. The molecule has 1 aromatic carbocycles. The van der Waals surface area contributed by atoms with Crippen LogP contribution >= 0.6 is 0 Å². The third-order valence-electron chi connectivity index (χ3n) is 5.39. The van der Waals surface area contributed by atoms with E-state index in [1.807, 2.05) is 6.07 Å². The molecule has 5 nitrogen and oxygen atoms in total.